The van der Waals surface area contributed by atoms with Crippen LogP contribution < -0.4 is 5.32 Å². The van der Waals surface area contributed by atoms with Gasteiger partial charge in [-0.25, -0.2) is 9.37 Å². The van der Waals surface area contributed by atoms with Crippen molar-refractivity contribution >= 4 is 11.3 Å². The minimum atomic E-state index is -0.148. The second kappa shape index (κ2) is 5.62. The molecule has 2 aromatic rings. The zero-order valence-corrected chi connectivity index (χ0v) is 12.7. The fourth-order valence-electron chi connectivity index (χ4n) is 2.25. The largest absolute Gasteiger partial charge is 0.309 e. The second-order valence-electron chi connectivity index (χ2n) is 5.33. The van der Waals surface area contributed by atoms with Crippen LogP contribution in [0.2, 0.25) is 0 Å². The minimum absolute atomic E-state index is 0.148. The molecule has 1 heterocycles. The molecular formula is C16H19FN2S. The van der Waals surface area contributed by atoms with Crippen molar-refractivity contribution in [3.8, 4) is 10.6 Å². The van der Waals surface area contributed by atoms with Gasteiger partial charge in [0.05, 0.1) is 5.69 Å². The first-order valence-corrected chi connectivity index (χ1v) is 7.98. The quantitative estimate of drug-likeness (QED) is 0.898. The summed E-state index contributed by atoms with van der Waals surface area (Å²) in [7, 11) is 0. The summed E-state index contributed by atoms with van der Waals surface area (Å²) in [5.74, 6) is -0.148. The Balaban J connectivity index is 1.90. The lowest BCUT2D eigenvalue weighted by molar-refractivity contribution is 0.622. The summed E-state index contributed by atoms with van der Waals surface area (Å²) < 4.78 is 14.2. The molecule has 0 amide bonds. The van der Waals surface area contributed by atoms with Gasteiger partial charge in [0.2, 0.25) is 0 Å². The molecule has 0 saturated heterocycles. The van der Waals surface area contributed by atoms with E-state index < -0.39 is 0 Å². The Bertz CT molecular complexity index is 617. The van der Waals surface area contributed by atoms with E-state index in [0.717, 1.165) is 23.7 Å². The van der Waals surface area contributed by atoms with E-state index in [-0.39, 0.29) is 5.82 Å². The zero-order chi connectivity index (χ0) is 14.1. The molecule has 20 heavy (non-hydrogen) atoms. The van der Waals surface area contributed by atoms with E-state index in [1.54, 1.807) is 24.3 Å². The molecular weight excluding hydrogens is 271 g/mol. The maximum absolute atomic E-state index is 14.2. The van der Waals surface area contributed by atoms with Gasteiger partial charge in [-0.05, 0) is 37.8 Å². The van der Waals surface area contributed by atoms with E-state index in [9.17, 15) is 4.39 Å². The van der Waals surface area contributed by atoms with E-state index in [2.05, 4.69) is 17.2 Å². The molecule has 0 aliphatic heterocycles. The summed E-state index contributed by atoms with van der Waals surface area (Å²) in [4.78, 5) is 5.88. The molecule has 0 unspecified atom stereocenters. The molecule has 3 rings (SSSR count). The highest BCUT2D eigenvalue weighted by molar-refractivity contribution is 7.15. The predicted octanol–water partition coefficient (Wildman–Crippen LogP) is 4.07. The summed E-state index contributed by atoms with van der Waals surface area (Å²) in [5, 5.41) is 4.32. The average molecular weight is 290 g/mol. The molecule has 2 nitrogen and oxygen atoms in total. The van der Waals surface area contributed by atoms with Gasteiger partial charge < -0.3 is 5.32 Å². The molecule has 0 spiro atoms. The van der Waals surface area contributed by atoms with E-state index in [4.69, 9.17) is 0 Å². The molecule has 1 aliphatic rings. The Morgan fingerprint density at radius 1 is 1.40 bits per heavy atom. The number of aromatic nitrogens is 1. The molecule has 0 radical (unpaired) electrons. The normalized spacial score (nSPS) is 14.8. The van der Waals surface area contributed by atoms with Crippen LogP contribution in [0.15, 0.2) is 18.2 Å². The van der Waals surface area contributed by atoms with Crippen LogP contribution in [0.25, 0.3) is 10.6 Å². The molecule has 1 N–H and O–H groups in total. The molecule has 1 fully saturated rings. The SMILES string of the molecule is CCc1nc(-c2cccc(C)c2F)sc1CNC1CC1. The molecule has 1 saturated carbocycles. The smallest absolute Gasteiger partial charge is 0.136 e. The highest BCUT2D eigenvalue weighted by atomic mass is 32.1. The number of nitrogens with zero attached hydrogens (tertiary/aromatic N) is 1. The van der Waals surface area contributed by atoms with Gasteiger partial charge in [-0.1, -0.05) is 19.1 Å². The van der Waals surface area contributed by atoms with Crippen molar-refractivity contribution in [2.24, 2.45) is 0 Å². The number of benzene rings is 1. The Morgan fingerprint density at radius 2 is 2.20 bits per heavy atom. The average Bonchev–Trinajstić information content (AvgIpc) is 3.19. The highest BCUT2D eigenvalue weighted by Crippen LogP contribution is 2.32. The number of thiazole rings is 1. The summed E-state index contributed by atoms with van der Waals surface area (Å²) in [6.07, 6.45) is 3.45. The summed E-state index contributed by atoms with van der Waals surface area (Å²) >= 11 is 1.62. The lowest BCUT2D eigenvalue weighted by atomic mass is 10.1. The van der Waals surface area contributed by atoms with E-state index >= 15 is 0 Å². The third-order valence-electron chi connectivity index (χ3n) is 3.66. The Kier molecular flexibility index (Phi) is 3.85. The molecule has 1 aliphatic carbocycles. The van der Waals surface area contributed by atoms with Crippen molar-refractivity contribution in [2.45, 2.75) is 45.7 Å². The van der Waals surface area contributed by atoms with Gasteiger partial charge in [-0.15, -0.1) is 11.3 Å². The monoisotopic (exact) mass is 290 g/mol. The van der Waals surface area contributed by atoms with E-state index in [1.807, 2.05) is 12.1 Å². The van der Waals surface area contributed by atoms with Crippen LogP contribution in [0.5, 0.6) is 0 Å². The maximum Gasteiger partial charge on any atom is 0.136 e. The van der Waals surface area contributed by atoms with Crippen molar-refractivity contribution in [3.05, 3.63) is 40.2 Å². The third kappa shape index (κ3) is 2.76. The number of rotatable bonds is 5. The van der Waals surface area contributed by atoms with Crippen molar-refractivity contribution < 1.29 is 4.39 Å². The van der Waals surface area contributed by atoms with Gasteiger partial charge in [0.15, 0.2) is 0 Å². The Hall–Kier alpha value is -1.26. The van der Waals surface area contributed by atoms with Crippen LogP contribution >= 0.6 is 11.3 Å². The van der Waals surface area contributed by atoms with E-state index in [0.29, 0.717) is 17.2 Å². The van der Waals surface area contributed by atoms with Gasteiger partial charge in [0.1, 0.15) is 10.8 Å². The molecule has 4 heteroatoms. The van der Waals surface area contributed by atoms with Crippen LogP contribution in [-0.2, 0) is 13.0 Å². The number of halogens is 1. The number of hydrogen-bond donors (Lipinski definition) is 1. The molecule has 1 aromatic carbocycles. The van der Waals surface area contributed by atoms with Crippen molar-refractivity contribution in [1.29, 1.82) is 0 Å². The fourth-order valence-corrected chi connectivity index (χ4v) is 3.37. The minimum Gasteiger partial charge on any atom is -0.309 e. The summed E-state index contributed by atoms with van der Waals surface area (Å²) in [6, 6.07) is 6.19. The van der Waals surface area contributed by atoms with Crippen molar-refractivity contribution in [2.75, 3.05) is 0 Å². The first kappa shape index (κ1) is 13.7. The van der Waals surface area contributed by atoms with E-state index in [1.165, 1.54) is 17.7 Å². The Labute approximate surface area is 123 Å². The molecule has 0 atom stereocenters. The van der Waals surface area contributed by atoms with Gasteiger partial charge >= 0.3 is 0 Å². The van der Waals surface area contributed by atoms with Crippen LogP contribution in [0.4, 0.5) is 4.39 Å². The third-order valence-corrected chi connectivity index (χ3v) is 4.79. The maximum atomic E-state index is 14.2. The second-order valence-corrected chi connectivity index (χ2v) is 6.42. The van der Waals surface area contributed by atoms with Crippen molar-refractivity contribution in [3.63, 3.8) is 0 Å². The number of hydrogen-bond acceptors (Lipinski definition) is 3. The van der Waals surface area contributed by atoms with Crippen LogP contribution in [0.1, 0.15) is 35.9 Å². The summed E-state index contributed by atoms with van der Waals surface area (Å²) in [5.41, 5.74) is 2.40. The van der Waals surface area contributed by atoms with Gasteiger partial charge in [-0.3, -0.25) is 0 Å². The zero-order valence-electron chi connectivity index (χ0n) is 11.9. The molecule has 0 bridgehead atoms. The van der Waals surface area contributed by atoms with Crippen molar-refractivity contribution in [1.82, 2.24) is 10.3 Å². The van der Waals surface area contributed by atoms with Gasteiger partial charge in [-0.2, -0.15) is 0 Å². The van der Waals surface area contributed by atoms with Gasteiger partial charge in [0, 0.05) is 23.0 Å². The standard InChI is InChI=1S/C16H19FN2S/c1-3-13-14(9-18-11-7-8-11)20-16(19-13)12-6-4-5-10(2)15(12)17/h4-6,11,18H,3,7-9H2,1-2H3. The first-order chi connectivity index (χ1) is 9.69. The number of aryl methyl sites for hydroxylation is 2. The highest BCUT2D eigenvalue weighted by Gasteiger charge is 2.22. The van der Waals surface area contributed by atoms with Gasteiger partial charge in [0.25, 0.3) is 0 Å². The lowest BCUT2D eigenvalue weighted by Crippen LogP contribution is -2.15. The van der Waals surface area contributed by atoms with Crippen LogP contribution in [-0.4, -0.2) is 11.0 Å². The molecule has 106 valence electrons. The van der Waals surface area contributed by atoms with Crippen LogP contribution in [0, 0.1) is 12.7 Å². The predicted molar refractivity (Wildman–Crippen MR) is 81.5 cm³/mol. The van der Waals surface area contributed by atoms with Crippen LogP contribution in [0.3, 0.4) is 0 Å². The number of nitrogens with one attached hydrogen (secondary N) is 1. The topological polar surface area (TPSA) is 24.9 Å². The lowest BCUT2D eigenvalue weighted by Gasteiger charge is -2.01. The Morgan fingerprint density at radius 3 is 2.90 bits per heavy atom. The summed E-state index contributed by atoms with van der Waals surface area (Å²) in [6.45, 7) is 4.76. The first-order valence-electron chi connectivity index (χ1n) is 7.16. The molecule has 1 aromatic heterocycles. The fraction of sp³-hybridized carbons (Fsp3) is 0.438.